The summed E-state index contributed by atoms with van der Waals surface area (Å²) in [5, 5.41) is 14.5. The minimum Gasteiger partial charge on any atom is -0.344 e. The Morgan fingerprint density at radius 3 is 1.57 bits per heavy atom. The molecule has 0 amide bonds. The predicted molar refractivity (Wildman–Crippen MR) is 17.0 cm³/mol. The molecule has 0 saturated carbocycles. The summed E-state index contributed by atoms with van der Waals surface area (Å²) >= 11 is 0. The van der Waals surface area contributed by atoms with E-state index in [1.165, 1.54) is 0 Å². The molecule has 0 aliphatic carbocycles. The van der Waals surface area contributed by atoms with Crippen molar-refractivity contribution in [2.24, 2.45) is 0 Å². The fourth-order valence-corrected chi connectivity index (χ4v) is 0.100. The van der Waals surface area contributed by atoms with Crippen LogP contribution in [0.3, 0.4) is 0 Å². The molecule has 0 aliphatic heterocycles. The number of nitrogens with one attached hydrogen (secondary N) is 1. The van der Waals surface area contributed by atoms with Crippen LogP contribution in [-0.4, -0.2) is 26.1 Å². The van der Waals surface area contributed by atoms with Crippen LogP contribution in [0.1, 0.15) is 0 Å². The topological polar surface area (TPSA) is 102 Å². The zero-order valence-electron chi connectivity index (χ0n) is 3.30. The molecular weight excluding hydrogens is 192 g/mol. The number of aromatic amines is 1. The molecule has 1 rings (SSSR count). The summed E-state index contributed by atoms with van der Waals surface area (Å²) < 4.78 is 0. The summed E-state index contributed by atoms with van der Waals surface area (Å²) in [6.07, 6.45) is 0. The largest absolute Gasteiger partial charge is 0.344 e. The maximum atomic E-state index is 3.12. The summed E-state index contributed by atoms with van der Waals surface area (Å²) in [7, 11) is 0. The molecule has 0 aliphatic rings. The molecule has 1 aromatic rings. The van der Waals surface area contributed by atoms with Gasteiger partial charge in [-0.1, -0.05) is 0 Å². The summed E-state index contributed by atoms with van der Waals surface area (Å²) in [5.74, 6) is 0. The Bertz CT molecular complexity index is 60.7. The Kier molecular flexibility index (Phi) is 8.02. The average molecular weight is 196 g/mol. The number of hydrogen-bond acceptors (Lipinski definition) is 5. The maximum absolute atomic E-state index is 3.12. The smallest absolute Gasteiger partial charge is 0 e. The quantitative estimate of drug-likeness (QED) is 0.504. The Morgan fingerprint density at radius 1 is 1.00 bits per heavy atom. The van der Waals surface area contributed by atoms with Gasteiger partial charge in [-0.2, -0.15) is 5.21 Å². The van der Waals surface area contributed by atoms with Gasteiger partial charge in [-0.3, -0.25) is 0 Å². The van der Waals surface area contributed by atoms with Gasteiger partial charge in [0, 0.05) is 22.4 Å². The maximum Gasteiger partial charge on any atom is 0 e. The Morgan fingerprint density at radius 2 is 1.43 bits per heavy atom. The molecule has 7 heavy (non-hydrogen) atoms. The van der Waals surface area contributed by atoms with E-state index in [0.29, 0.717) is 0 Å². The van der Waals surface area contributed by atoms with Gasteiger partial charge < -0.3 is 6.15 Å². The fourth-order valence-electron chi connectivity index (χ4n) is 0.100. The van der Waals surface area contributed by atoms with Gasteiger partial charge in [0.2, 0.25) is 0 Å². The molecular formula is H4AgN6. The van der Waals surface area contributed by atoms with Crippen LogP contribution in [-0.2, 0) is 22.4 Å². The Hall–Kier alpha value is -0.300. The van der Waals surface area contributed by atoms with Crippen molar-refractivity contribution in [2.75, 3.05) is 0 Å². The second kappa shape index (κ2) is 5.70. The first-order valence-corrected chi connectivity index (χ1v) is 1.05. The molecule has 0 saturated heterocycles. The third-order valence-electron chi connectivity index (χ3n) is 0.219. The van der Waals surface area contributed by atoms with E-state index in [1.807, 2.05) is 0 Å². The van der Waals surface area contributed by atoms with Crippen molar-refractivity contribution in [2.45, 2.75) is 0 Å². The van der Waals surface area contributed by atoms with Gasteiger partial charge in [0.1, 0.15) is 0 Å². The number of rotatable bonds is 0. The molecule has 6 nitrogen and oxygen atoms in total. The summed E-state index contributed by atoms with van der Waals surface area (Å²) in [4.78, 5) is 0. The molecule has 7 heteroatoms. The van der Waals surface area contributed by atoms with E-state index < -0.39 is 0 Å². The minimum atomic E-state index is 0. The van der Waals surface area contributed by atoms with Gasteiger partial charge in [-0.15, -0.1) is 0 Å². The zero-order chi connectivity index (χ0) is 3.54. The minimum absolute atomic E-state index is 0. The van der Waals surface area contributed by atoms with Crippen LogP contribution in [0, 0.1) is 0 Å². The second-order valence-electron chi connectivity index (χ2n) is 0.479. The number of nitrogens with zero attached hydrogens (tertiary/aromatic N) is 4. The SMILES string of the molecule is N.[Ag].n1nn[nH]n1. The molecule has 0 fully saturated rings. The van der Waals surface area contributed by atoms with E-state index in [-0.39, 0.29) is 28.5 Å². The van der Waals surface area contributed by atoms with Crippen LogP contribution in [0.15, 0.2) is 0 Å². The molecule has 45 valence electrons. The number of hydrogen-bond donors (Lipinski definition) is 2. The molecule has 1 radical (unpaired) electrons. The summed E-state index contributed by atoms with van der Waals surface area (Å²) in [6, 6.07) is 0. The number of H-pyrrole nitrogens is 1. The van der Waals surface area contributed by atoms with Gasteiger partial charge in [0.05, 0.1) is 0 Å². The van der Waals surface area contributed by atoms with E-state index in [2.05, 4.69) is 26.1 Å². The van der Waals surface area contributed by atoms with Crippen LogP contribution in [0.4, 0.5) is 0 Å². The molecule has 1 aromatic heterocycles. The van der Waals surface area contributed by atoms with E-state index in [9.17, 15) is 0 Å². The van der Waals surface area contributed by atoms with Gasteiger partial charge in [-0.05, 0) is 20.9 Å². The number of aromatic nitrogens is 5. The molecule has 4 N–H and O–H groups in total. The average Bonchev–Trinajstić information content (AvgIpc) is 1.76. The fraction of sp³-hybridized carbons (Fsp3) is 0. The predicted octanol–water partition coefficient (Wildman–Crippen LogP) is -1.25. The molecule has 0 unspecified atom stereocenters. The molecule has 0 bridgehead atoms. The van der Waals surface area contributed by atoms with E-state index in [4.69, 9.17) is 0 Å². The zero-order valence-corrected chi connectivity index (χ0v) is 4.78. The normalized spacial score (nSPS) is 5.71. The van der Waals surface area contributed by atoms with Crippen molar-refractivity contribution in [3.63, 3.8) is 0 Å². The van der Waals surface area contributed by atoms with Crippen LogP contribution >= 0.6 is 0 Å². The van der Waals surface area contributed by atoms with Crippen LogP contribution in [0.5, 0.6) is 0 Å². The summed E-state index contributed by atoms with van der Waals surface area (Å²) in [5.41, 5.74) is 0. The van der Waals surface area contributed by atoms with Crippen LogP contribution < -0.4 is 6.15 Å². The molecule has 1 heterocycles. The second-order valence-corrected chi connectivity index (χ2v) is 0.479. The molecule has 0 aromatic carbocycles. The van der Waals surface area contributed by atoms with Crippen molar-refractivity contribution in [3.8, 4) is 0 Å². The third kappa shape index (κ3) is 3.53. The van der Waals surface area contributed by atoms with E-state index in [0.717, 1.165) is 0 Å². The van der Waals surface area contributed by atoms with E-state index in [1.54, 1.807) is 0 Å². The first kappa shape index (κ1) is 9.85. The monoisotopic (exact) mass is 195 g/mol. The first-order valence-electron chi connectivity index (χ1n) is 1.05. The van der Waals surface area contributed by atoms with Gasteiger partial charge in [0.15, 0.2) is 0 Å². The first-order chi connectivity index (χ1) is 2.50. The van der Waals surface area contributed by atoms with Gasteiger partial charge >= 0.3 is 0 Å². The van der Waals surface area contributed by atoms with Crippen molar-refractivity contribution >= 4 is 0 Å². The molecule has 0 spiro atoms. The van der Waals surface area contributed by atoms with Crippen LogP contribution in [0.25, 0.3) is 0 Å². The van der Waals surface area contributed by atoms with Crippen molar-refractivity contribution < 1.29 is 22.4 Å². The van der Waals surface area contributed by atoms with Crippen molar-refractivity contribution in [1.82, 2.24) is 32.2 Å². The summed E-state index contributed by atoms with van der Waals surface area (Å²) in [6.45, 7) is 0. The van der Waals surface area contributed by atoms with Crippen molar-refractivity contribution in [1.29, 1.82) is 0 Å². The third-order valence-corrected chi connectivity index (χ3v) is 0.219. The Balaban J connectivity index is 0. The molecule has 0 atom stereocenters. The van der Waals surface area contributed by atoms with Gasteiger partial charge in [-0.25, -0.2) is 0 Å². The van der Waals surface area contributed by atoms with Gasteiger partial charge in [0.25, 0.3) is 0 Å². The van der Waals surface area contributed by atoms with Crippen molar-refractivity contribution in [3.05, 3.63) is 0 Å². The van der Waals surface area contributed by atoms with Crippen LogP contribution in [0.2, 0.25) is 0 Å². The van der Waals surface area contributed by atoms with E-state index >= 15 is 0 Å². The standard InChI is InChI=1S/Ag.HN5.H3N/c;1-2-4-5-3-1;/h;(H,1,2,3,4,5);1H3. The Labute approximate surface area is 55.1 Å².